The second-order valence-corrected chi connectivity index (χ2v) is 6.94. The molecule has 0 aliphatic heterocycles. The molecule has 0 amide bonds. The number of benzene rings is 2. The van der Waals surface area contributed by atoms with Crippen LogP contribution < -0.4 is 5.32 Å². The van der Waals surface area contributed by atoms with E-state index >= 15 is 0 Å². The Bertz CT molecular complexity index is 1020. The first-order chi connectivity index (χ1) is 12.6. The lowest BCUT2D eigenvalue weighted by Gasteiger charge is -2.01. The van der Waals surface area contributed by atoms with Gasteiger partial charge in [0.15, 0.2) is 0 Å². The molecule has 0 aliphatic carbocycles. The summed E-state index contributed by atoms with van der Waals surface area (Å²) in [5, 5.41) is 25.5. The van der Waals surface area contributed by atoms with Crippen LogP contribution in [0.3, 0.4) is 0 Å². The third-order valence-corrected chi connectivity index (χ3v) is 4.81. The fraction of sp³-hybridized carbons (Fsp3) is 0. The number of nitriles is 1. The molecule has 0 unspecified atom stereocenters. The molecular formula is C18H11BrN4O2S. The molecule has 0 saturated heterocycles. The van der Waals surface area contributed by atoms with Gasteiger partial charge in [-0.3, -0.25) is 10.1 Å². The van der Waals surface area contributed by atoms with Gasteiger partial charge in [0.2, 0.25) is 0 Å². The standard InChI is InChI=1S/C18H11BrN4O2S/c19-14-3-1-2-12(8-14)17-11-26-18(22-17)13(9-20)10-21-15-4-6-16(7-5-15)23(24)25/h1-8,10-11,21H. The van der Waals surface area contributed by atoms with E-state index in [0.29, 0.717) is 16.3 Å². The van der Waals surface area contributed by atoms with Crippen LogP contribution in [0.1, 0.15) is 5.01 Å². The molecular weight excluding hydrogens is 416 g/mol. The highest BCUT2D eigenvalue weighted by molar-refractivity contribution is 9.10. The first-order valence-corrected chi connectivity index (χ1v) is 9.07. The lowest BCUT2D eigenvalue weighted by atomic mass is 10.2. The molecule has 1 aromatic heterocycles. The van der Waals surface area contributed by atoms with E-state index in [9.17, 15) is 15.4 Å². The number of anilines is 1. The predicted molar refractivity (Wildman–Crippen MR) is 106 cm³/mol. The minimum Gasteiger partial charge on any atom is -0.360 e. The number of nitrogens with one attached hydrogen (secondary N) is 1. The summed E-state index contributed by atoms with van der Waals surface area (Å²) in [7, 11) is 0. The van der Waals surface area contributed by atoms with Crippen molar-refractivity contribution in [2.45, 2.75) is 0 Å². The van der Waals surface area contributed by atoms with Crippen molar-refractivity contribution in [1.29, 1.82) is 5.26 Å². The minimum absolute atomic E-state index is 0.0126. The smallest absolute Gasteiger partial charge is 0.269 e. The van der Waals surface area contributed by atoms with Crippen molar-refractivity contribution in [3.05, 3.63) is 79.7 Å². The average Bonchev–Trinajstić information content (AvgIpc) is 3.13. The molecule has 0 aliphatic rings. The van der Waals surface area contributed by atoms with Gasteiger partial charge in [0, 0.05) is 39.4 Å². The second-order valence-electron chi connectivity index (χ2n) is 5.17. The first kappa shape index (κ1) is 17.8. The van der Waals surface area contributed by atoms with Gasteiger partial charge in [-0.05, 0) is 24.3 Å². The van der Waals surface area contributed by atoms with Crippen LogP contribution in [0.15, 0.2) is 64.6 Å². The first-order valence-electron chi connectivity index (χ1n) is 7.40. The average molecular weight is 427 g/mol. The van der Waals surface area contributed by atoms with Crippen LogP contribution in [0.25, 0.3) is 16.8 Å². The highest BCUT2D eigenvalue weighted by Crippen LogP contribution is 2.27. The van der Waals surface area contributed by atoms with E-state index in [0.717, 1.165) is 15.7 Å². The highest BCUT2D eigenvalue weighted by atomic mass is 79.9. The molecule has 1 heterocycles. The molecule has 2 aromatic carbocycles. The van der Waals surface area contributed by atoms with Gasteiger partial charge in [-0.25, -0.2) is 4.98 Å². The Morgan fingerprint density at radius 3 is 2.73 bits per heavy atom. The molecule has 8 heteroatoms. The summed E-state index contributed by atoms with van der Waals surface area (Å²) in [6.07, 6.45) is 1.55. The van der Waals surface area contributed by atoms with Crippen molar-refractivity contribution in [2.24, 2.45) is 0 Å². The van der Waals surface area contributed by atoms with Gasteiger partial charge in [-0.15, -0.1) is 11.3 Å². The van der Waals surface area contributed by atoms with Crippen LogP contribution >= 0.6 is 27.3 Å². The zero-order valence-corrected chi connectivity index (χ0v) is 15.6. The van der Waals surface area contributed by atoms with Gasteiger partial charge in [0.05, 0.1) is 10.6 Å². The lowest BCUT2D eigenvalue weighted by Crippen LogP contribution is -1.92. The summed E-state index contributed by atoms with van der Waals surface area (Å²) in [4.78, 5) is 14.7. The normalized spacial score (nSPS) is 11.0. The Balaban J connectivity index is 1.79. The van der Waals surface area contributed by atoms with Gasteiger partial charge < -0.3 is 5.32 Å². The molecule has 6 nitrogen and oxygen atoms in total. The van der Waals surface area contributed by atoms with Gasteiger partial charge in [0.1, 0.15) is 16.6 Å². The van der Waals surface area contributed by atoms with Crippen molar-refractivity contribution in [3.8, 4) is 17.3 Å². The number of thiazole rings is 1. The van der Waals surface area contributed by atoms with Crippen molar-refractivity contribution in [2.75, 3.05) is 5.32 Å². The molecule has 128 valence electrons. The number of allylic oxidation sites excluding steroid dienone is 1. The summed E-state index contributed by atoms with van der Waals surface area (Å²) in [5.41, 5.74) is 2.80. The quantitative estimate of drug-likeness (QED) is 0.332. The summed E-state index contributed by atoms with van der Waals surface area (Å²) in [6, 6.07) is 15.9. The Morgan fingerprint density at radius 2 is 2.08 bits per heavy atom. The zero-order valence-electron chi connectivity index (χ0n) is 13.2. The van der Waals surface area contributed by atoms with Crippen molar-refractivity contribution in [1.82, 2.24) is 4.98 Å². The second kappa shape index (κ2) is 7.91. The maximum Gasteiger partial charge on any atom is 0.269 e. The van der Waals surface area contributed by atoms with Crippen molar-refractivity contribution >= 4 is 44.2 Å². The summed E-state index contributed by atoms with van der Waals surface area (Å²) >= 11 is 4.81. The Morgan fingerprint density at radius 1 is 1.31 bits per heavy atom. The van der Waals surface area contributed by atoms with Crippen molar-refractivity contribution < 1.29 is 4.92 Å². The number of non-ortho nitro benzene ring substituents is 1. The molecule has 0 radical (unpaired) electrons. The van der Waals surface area contributed by atoms with Crippen LogP contribution in [0.4, 0.5) is 11.4 Å². The van der Waals surface area contributed by atoms with Crippen LogP contribution in [0.5, 0.6) is 0 Å². The van der Waals surface area contributed by atoms with Crippen LogP contribution in [-0.4, -0.2) is 9.91 Å². The number of hydrogen-bond donors (Lipinski definition) is 1. The molecule has 3 rings (SSSR count). The lowest BCUT2D eigenvalue weighted by molar-refractivity contribution is -0.384. The molecule has 1 N–H and O–H groups in total. The largest absolute Gasteiger partial charge is 0.360 e. The third kappa shape index (κ3) is 4.14. The van der Waals surface area contributed by atoms with E-state index in [1.54, 1.807) is 18.3 Å². The third-order valence-electron chi connectivity index (χ3n) is 3.44. The number of nitro groups is 1. The zero-order chi connectivity index (χ0) is 18.5. The van der Waals surface area contributed by atoms with Gasteiger partial charge >= 0.3 is 0 Å². The molecule has 26 heavy (non-hydrogen) atoms. The Labute approximate surface area is 161 Å². The molecule has 0 spiro atoms. The number of rotatable bonds is 5. The van der Waals surface area contributed by atoms with E-state index in [1.807, 2.05) is 29.6 Å². The van der Waals surface area contributed by atoms with Gasteiger partial charge in [0.25, 0.3) is 5.69 Å². The summed E-state index contributed by atoms with van der Waals surface area (Å²) in [5.74, 6) is 0. The molecule has 0 fully saturated rings. The van der Waals surface area contributed by atoms with Gasteiger partial charge in [-0.2, -0.15) is 5.26 Å². The topological polar surface area (TPSA) is 91.8 Å². The molecule has 0 atom stereocenters. The summed E-state index contributed by atoms with van der Waals surface area (Å²) in [6.45, 7) is 0. The monoisotopic (exact) mass is 426 g/mol. The Kier molecular flexibility index (Phi) is 5.41. The van der Waals surface area contributed by atoms with E-state index in [2.05, 4.69) is 32.3 Å². The van der Waals surface area contributed by atoms with E-state index in [4.69, 9.17) is 0 Å². The van der Waals surface area contributed by atoms with Crippen molar-refractivity contribution in [3.63, 3.8) is 0 Å². The predicted octanol–water partition coefficient (Wildman–Crippen LogP) is 5.46. The molecule has 0 saturated carbocycles. The maximum atomic E-state index is 10.7. The number of nitrogens with zero attached hydrogens (tertiary/aromatic N) is 3. The SMILES string of the molecule is N#CC(=CNc1ccc([N+](=O)[O-])cc1)c1nc(-c2cccc(Br)c2)cs1. The maximum absolute atomic E-state index is 10.7. The fourth-order valence-corrected chi connectivity index (χ4v) is 3.35. The number of aromatic nitrogens is 1. The highest BCUT2D eigenvalue weighted by Gasteiger charge is 2.09. The number of hydrogen-bond acceptors (Lipinski definition) is 6. The molecule has 3 aromatic rings. The van der Waals surface area contributed by atoms with E-state index in [1.165, 1.54) is 23.5 Å². The van der Waals surface area contributed by atoms with Crippen LogP contribution in [-0.2, 0) is 0 Å². The van der Waals surface area contributed by atoms with Crippen LogP contribution in [0.2, 0.25) is 0 Å². The van der Waals surface area contributed by atoms with Crippen LogP contribution in [0, 0.1) is 21.4 Å². The van der Waals surface area contributed by atoms with Gasteiger partial charge in [-0.1, -0.05) is 28.1 Å². The molecule has 0 bridgehead atoms. The number of halogens is 1. The van der Waals surface area contributed by atoms with E-state index < -0.39 is 4.92 Å². The van der Waals surface area contributed by atoms with E-state index in [-0.39, 0.29) is 5.69 Å². The Hall–Kier alpha value is -3.02. The number of nitro benzene ring substituents is 1. The minimum atomic E-state index is -0.459. The summed E-state index contributed by atoms with van der Waals surface area (Å²) < 4.78 is 0.959. The fourth-order valence-electron chi connectivity index (χ4n) is 2.15.